The van der Waals surface area contributed by atoms with Crippen molar-refractivity contribution >= 4 is 34.1 Å². The van der Waals surface area contributed by atoms with Gasteiger partial charge in [0.05, 0.1) is 26.4 Å². The van der Waals surface area contributed by atoms with Crippen molar-refractivity contribution in [1.82, 2.24) is 0 Å². The number of quaternary nitrogens is 1. The number of aliphatic hydroxyl groups is 1. The van der Waals surface area contributed by atoms with Crippen molar-refractivity contribution in [3.8, 4) is 11.1 Å². The average molecular weight is 734 g/mol. The molecule has 240 valence electrons. The van der Waals surface area contributed by atoms with Crippen LogP contribution < -0.4 is 34.6 Å². The number of benzene rings is 4. The lowest BCUT2D eigenvalue weighted by Gasteiger charge is -2.45. The molecule has 7 rings (SSSR count). The van der Waals surface area contributed by atoms with Gasteiger partial charge in [-0.3, -0.25) is 10.1 Å². The van der Waals surface area contributed by atoms with Gasteiger partial charge in [-0.1, -0.05) is 60.7 Å². The van der Waals surface area contributed by atoms with Crippen molar-refractivity contribution < 1.29 is 52.6 Å². The molecule has 0 radical (unpaired) electrons. The average Bonchev–Trinajstić information content (AvgIpc) is 3.80. The molecule has 9 heteroatoms. The highest BCUT2D eigenvalue weighted by atomic mass is 127. The van der Waals surface area contributed by atoms with Gasteiger partial charge in [0.25, 0.3) is 0 Å². The van der Waals surface area contributed by atoms with Crippen molar-refractivity contribution in [2.45, 2.75) is 69.1 Å². The van der Waals surface area contributed by atoms with Gasteiger partial charge in [-0.25, -0.2) is 4.79 Å². The number of anilines is 2. The Kier molecular flexibility index (Phi) is 9.38. The third-order valence-corrected chi connectivity index (χ3v) is 9.96. The van der Waals surface area contributed by atoms with Gasteiger partial charge in [0.2, 0.25) is 5.91 Å². The first kappa shape index (κ1) is 32.4. The van der Waals surface area contributed by atoms with Crippen molar-refractivity contribution in [3.63, 3.8) is 0 Å². The molecule has 8 nitrogen and oxygen atoms in total. The van der Waals surface area contributed by atoms with E-state index >= 15 is 0 Å². The van der Waals surface area contributed by atoms with Crippen LogP contribution in [0.3, 0.4) is 0 Å². The number of ether oxygens (including phenoxy) is 2. The summed E-state index contributed by atoms with van der Waals surface area (Å²) in [7, 11) is 4.53. The lowest BCUT2D eigenvalue weighted by molar-refractivity contribution is -0.938. The summed E-state index contributed by atoms with van der Waals surface area (Å²) in [5, 5.41) is 17.5. The predicted octanol–water partition coefficient (Wildman–Crippen LogP) is 3.27. The Morgan fingerprint density at radius 3 is 2.30 bits per heavy atom. The molecule has 4 aromatic rings. The summed E-state index contributed by atoms with van der Waals surface area (Å²) in [6.45, 7) is 0.00125. The quantitative estimate of drug-likeness (QED) is 0.140. The van der Waals surface area contributed by atoms with Gasteiger partial charge in [-0.2, -0.15) is 0 Å². The lowest BCUT2D eigenvalue weighted by atomic mass is 9.96. The highest BCUT2D eigenvalue weighted by Gasteiger charge is 2.70. The van der Waals surface area contributed by atoms with E-state index in [1.54, 1.807) is 0 Å². The molecule has 0 aromatic heterocycles. The van der Waals surface area contributed by atoms with E-state index in [0.29, 0.717) is 49.2 Å². The molecule has 0 spiro atoms. The van der Waals surface area contributed by atoms with E-state index in [1.807, 2.05) is 78.9 Å². The highest BCUT2D eigenvalue weighted by Crippen LogP contribution is 2.51. The van der Waals surface area contributed by atoms with Crippen LogP contribution in [0.5, 0.6) is 0 Å². The van der Waals surface area contributed by atoms with E-state index in [1.165, 1.54) is 0 Å². The molecule has 5 atom stereocenters. The predicted molar refractivity (Wildman–Crippen MR) is 175 cm³/mol. The van der Waals surface area contributed by atoms with E-state index < -0.39 is 6.09 Å². The molecule has 3 aliphatic rings. The maximum atomic E-state index is 13.2. The number of hydrogen-bond acceptors (Lipinski definition) is 5. The molecule has 2 bridgehead atoms. The third kappa shape index (κ3) is 6.64. The van der Waals surface area contributed by atoms with Crippen LogP contribution in [0.4, 0.5) is 16.2 Å². The lowest BCUT2D eigenvalue weighted by Crippen LogP contribution is -3.00. The number of halogens is 1. The van der Waals surface area contributed by atoms with Gasteiger partial charge < -0.3 is 48.4 Å². The fourth-order valence-electron chi connectivity index (χ4n) is 7.46. The SMILES string of the molecule is C[N+]1(C)[C@@H]2CC(OC(=O)Nc3cc(CCCC(=O)Nc4ccc5cc(CO)ccc5c4)ccc3-c3ccccc3)C[C@H]1[C@@H]1O[C@@H]12.[I-]. The first-order chi connectivity index (χ1) is 21.8. The molecular weight excluding hydrogens is 693 g/mol. The Hall–Kier alpha value is -3.51. The van der Waals surface area contributed by atoms with E-state index in [0.717, 1.165) is 56.0 Å². The molecular formula is C37H40IN3O5. The van der Waals surface area contributed by atoms with Crippen LogP contribution in [0, 0.1) is 0 Å². The van der Waals surface area contributed by atoms with Gasteiger partial charge in [-0.15, -0.1) is 0 Å². The van der Waals surface area contributed by atoms with Crippen LogP contribution in [0.1, 0.15) is 36.8 Å². The topological polar surface area (TPSA) is 100 Å². The molecule has 2 amide bonds. The second-order valence-electron chi connectivity index (χ2n) is 13.2. The number of carbonyl (C=O) groups is 2. The Morgan fingerprint density at radius 1 is 0.870 bits per heavy atom. The summed E-state index contributed by atoms with van der Waals surface area (Å²) in [4.78, 5) is 26.0. The minimum absolute atomic E-state index is 0. The van der Waals surface area contributed by atoms with Gasteiger partial charge in [0.15, 0.2) is 0 Å². The van der Waals surface area contributed by atoms with Crippen LogP contribution in [0.2, 0.25) is 0 Å². The Bertz CT molecular complexity index is 1730. The number of aliphatic hydroxyl groups excluding tert-OH is 1. The monoisotopic (exact) mass is 733 g/mol. The summed E-state index contributed by atoms with van der Waals surface area (Å²) in [5.41, 5.74) is 5.28. The number of hydrogen-bond donors (Lipinski definition) is 3. The van der Waals surface area contributed by atoms with Gasteiger partial charge in [0, 0.05) is 30.5 Å². The summed E-state index contributed by atoms with van der Waals surface area (Å²) < 4.78 is 12.8. The van der Waals surface area contributed by atoms with Crippen molar-refractivity contribution in [1.29, 1.82) is 0 Å². The number of likely N-dealkylation sites (N-methyl/N-ethyl adjacent to an activating group) is 1. The van der Waals surface area contributed by atoms with E-state index in [2.05, 4.69) is 30.8 Å². The molecule has 3 N–H and O–H groups in total. The number of aryl methyl sites for hydroxylation is 1. The number of fused-ring (bicyclic) bond motifs is 6. The van der Waals surface area contributed by atoms with Crippen molar-refractivity contribution in [3.05, 3.63) is 96.1 Å². The first-order valence-electron chi connectivity index (χ1n) is 15.9. The van der Waals surface area contributed by atoms with E-state index in [4.69, 9.17) is 9.47 Å². The van der Waals surface area contributed by atoms with Gasteiger partial charge in [0.1, 0.15) is 30.4 Å². The number of piperidine rings is 1. The molecule has 4 aromatic carbocycles. The zero-order valence-electron chi connectivity index (χ0n) is 26.1. The third-order valence-electron chi connectivity index (χ3n) is 9.96. The van der Waals surface area contributed by atoms with Crippen LogP contribution in [0.15, 0.2) is 84.9 Å². The Balaban J connectivity index is 0.00000372. The number of amides is 2. The molecule has 3 fully saturated rings. The molecule has 3 aliphatic heterocycles. The molecule has 1 unspecified atom stereocenters. The molecule has 46 heavy (non-hydrogen) atoms. The molecule has 0 saturated carbocycles. The maximum absolute atomic E-state index is 13.2. The van der Waals surface area contributed by atoms with Crippen molar-refractivity contribution in [2.24, 2.45) is 0 Å². The van der Waals surface area contributed by atoms with Crippen molar-refractivity contribution in [2.75, 3.05) is 24.7 Å². The summed E-state index contributed by atoms with van der Waals surface area (Å²) in [6, 6.07) is 28.4. The standard InChI is InChI=1S/C37H39N3O5.HI/c1-40(2)32-20-29(21-33(40)36-35(32)45-36)44-37(43)39-31-18-23(12-16-30(31)25-8-4-3-5-9-25)7-6-10-34(42)38-28-15-14-26-17-24(22-41)11-13-27(26)19-28;/h3-5,8-9,11-19,29,32-33,35-36,41H,6-7,10,20-22H2,1-2H3,(H-,38,39,42,43);1H/t29?,32-,33+,35-,36+;. The number of nitrogens with zero attached hydrogens (tertiary/aromatic N) is 1. The summed E-state index contributed by atoms with van der Waals surface area (Å²) in [6.07, 6.45) is 3.41. The highest BCUT2D eigenvalue weighted by molar-refractivity contribution is 5.95. The zero-order valence-corrected chi connectivity index (χ0v) is 28.3. The van der Waals surface area contributed by atoms with Gasteiger partial charge in [-0.05, 0) is 64.6 Å². The Labute approximate surface area is 286 Å². The Morgan fingerprint density at radius 2 is 1.57 bits per heavy atom. The second-order valence-corrected chi connectivity index (χ2v) is 13.2. The molecule has 3 heterocycles. The zero-order chi connectivity index (χ0) is 31.1. The normalized spacial score (nSPS) is 23.6. The largest absolute Gasteiger partial charge is 1.00 e. The summed E-state index contributed by atoms with van der Waals surface area (Å²) in [5.74, 6) is -0.0459. The first-order valence-corrected chi connectivity index (χ1v) is 15.9. The fourth-order valence-corrected chi connectivity index (χ4v) is 7.46. The number of rotatable bonds is 9. The molecule has 3 saturated heterocycles. The molecule has 0 aliphatic carbocycles. The minimum Gasteiger partial charge on any atom is -1.00 e. The van der Waals surface area contributed by atoms with E-state index in [-0.39, 0.29) is 42.6 Å². The van der Waals surface area contributed by atoms with Crippen LogP contribution >= 0.6 is 0 Å². The number of nitrogens with one attached hydrogen (secondary N) is 2. The van der Waals surface area contributed by atoms with Crippen LogP contribution in [0.25, 0.3) is 21.9 Å². The van der Waals surface area contributed by atoms with E-state index in [9.17, 15) is 14.7 Å². The maximum Gasteiger partial charge on any atom is 0.411 e. The summed E-state index contributed by atoms with van der Waals surface area (Å²) >= 11 is 0. The van der Waals surface area contributed by atoms with Crippen LogP contribution in [-0.2, 0) is 27.3 Å². The second kappa shape index (κ2) is 13.3. The number of carbonyl (C=O) groups excluding carboxylic acids is 2. The van der Waals surface area contributed by atoms with Gasteiger partial charge >= 0.3 is 6.09 Å². The fraction of sp³-hybridized carbons (Fsp3) is 0.351. The van der Waals surface area contributed by atoms with Crippen LogP contribution in [-0.4, -0.2) is 66.1 Å². The minimum atomic E-state index is -0.433. The number of morpholine rings is 1. The smallest absolute Gasteiger partial charge is 0.411 e. The number of epoxide rings is 1.